The highest BCUT2D eigenvalue weighted by atomic mass is 32.2. The van der Waals surface area contributed by atoms with Crippen LogP contribution in [0.1, 0.15) is 39.0 Å². The molecule has 3 nitrogen and oxygen atoms in total. The predicted octanol–water partition coefficient (Wildman–Crippen LogP) is 3.52. The molecule has 15 heavy (non-hydrogen) atoms. The molecule has 1 aliphatic carbocycles. The Morgan fingerprint density at radius 2 is 2.13 bits per heavy atom. The highest BCUT2D eigenvalue weighted by Crippen LogP contribution is 2.23. The zero-order valence-corrected chi connectivity index (χ0v) is 10.0. The van der Waals surface area contributed by atoms with Crippen LogP contribution < -0.4 is 0 Å². The summed E-state index contributed by atoms with van der Waals surface area (Å²) in [5.74, 6) is 0.981. The number of thioether (sulfide) groups is 1. The minimum absolute atomic E-state index is 0.199. The van der Waals surface area contributed by atoms with Gasteiger partial charge >= 0.3 is 6.09 Å². The third kappa shape index (κ3) is 4.16. The van der Waals surface area contributed by atoms with E-state index in [1.807, 2.05) is 5.41 Å². The van der Waals surface area contributed by atoms with Crippen molar-refractivity contribution < 1.29 is 9.90 Å². The van der Waals surface area contributed by atoms with Gasteiger partial charge in [-0.2, -0.15) is 0 Å². The van der Waals surface area contributed by atoms with E-state index < -0.39 is 6.09 Å². The second-order valence-corrected chi connectivity index (χ2v) is 4.91. The van der Waals surface area contributed by atoms with Gasteiger partial charge in [0, 0.05) is 12.2 Å². The highest BCUT2D eigenvalue weighted by molar-refractivity contribution is 8.02. The van der Waals surface area contributed by atoms with Gasteiger partial charge in [-0.15, -0.1) is 11.8 Å². The van der Waals surface area contributed by atoms with Crippen LogP contribution >= 0.6 is 11.8 Å². The van der Waals surface area contributed by atoms with Gasteiger partial charge in [-0.3, -0.25) is 4.90 Å². The maximum absolute atomic E-state index is 11.1. The van der Waals surface area contributed by atoms with Gasteiger partial charge in [0.2, 0.25) is 0 Å². The first-order chi connectivity index (χ1) is 7.25. The Morgan fingerprint density at radius 3 is 2.67 bits per heavy atom. The molecule has 0 saturated heterocycles. The number of hydrogen-bond donors (Lipinski definition) is 1. The molecular formula is C11H19NO2S. The Balaban J connectivity index is 2.51. The Labute approximate surface area is 95.5 Å². The molecule has 0 atom stereocenters. The van der Waals surface area contributed by atoms with Gasteiger partial charge in [0.05, 0.1) is 0 Å². The lowest BCUT2D eigenvalue weighted by molar-refractivity contribution is 0.137. The molecule has 0 aliphatic heterocycles. The molecule has 1 aliphatic rings. The molecule has 0 aromatic rings. The Morgan fingerprint density at radius 1 is 1.47 bits per heavy atom. The van der Waals surface area contributed by atoms with Crippen molar-refractivity contribution in [3.8, 4) is 0 Å². The van der Waals surface area contributed by atoms with Gasteiger partial charge in [-0.1, -0.05) is 26.2 Å². The molecule has 0 unspecified atom stereocenters. The first kappa shape index (κ1) is 12.4. The van der Waals surface area contributed by atoms with Gasteiger partial charge in [-0.25, -0.2) is 4.79 Å². The lowest BCUT2D eigenvalue weighted by Gasteiger charge is -2.29. The lowest BCUT2D eigenvalue weighted by Crippen LogP contribution is -2.36. The second kappa shape index (κ2) is 6.77. The molecule has 0 spiro atoms. The van der Waals surface area contributed by atoms with Gasteiger partial charge in [-0.05, 0) is 24.0 Å². The van der Waals surface area contributed by atoms with Crippen molar-refractivity contribution in [2.24, 2.45) is 0 Å². The second-order valence-electron chi connectivity index (χ2n) is 3.72. The minimum atomic E-state index is -0.824. The van der Waals surface area contributed by atoms with Crippen LogP contribution in [-0.2, 0) is 0 Å². The number of rotatable bonds is 4. The predicted molar refractivity (Wildman–Crippen MR) is 64.0 cm³/mol. The Hall–Kier alpha value is -0.640. The summed E-state index contributed by atoms with van der Waals surface area (Å²) in [6, 6.07) is 0.199. The summed E-state index contributed by atoms with van der Waals surface area (Å²) in [5, 5.41) is 11.0. The van der Waals surface area contributed by atoms with Crippen LogP contribution in [0.2, 0.25) is 0 Å². The summed E-state index contributed by atoms with van der Waals surface area (Å²) in [7, 11) is 0. The summed E-state index contributed by atoms with van der Waals surface area (Å²) >= 11 is 1.63. The van der Waals surface area contributed by atoms with Crippen LogP contribution in [0, 0.1) is 0 Å². The molecule has 1 N–H and O–H groups in total. The number of hydrogen-bond acceptors (Lipinski definition) is 2. The van der Waals surface area contributed by atoms with E-state index in [1.54, 1.807) is 18.0 Å². The monoisotopic (exact) mass is 229 g/mol. The summed E-state index contributed by atoms with van der Waals surface area (Å²) in [4.78, 5) is 12.5. The third-order valence-corrected chi connectivity index (χ3v) is 3.32. The summed E-state index contributed by atoms with van der Waals surface area (Å²) < 4.78 is 0. The molecule has 1 rings (SSSR count). The third-order valence-electron chi connectivity index (χ3n) is 2.67. The molecule has 0 bridgehead atoms. The van der Waals surface area contributed by atoms with Gasteiger partial charge < -0.3 is 5.11 Å². The summed E-state index contributed by atoms with van der Waals surface area (Å²) in [6.45, 7) is 2.06. The molecular weight excluding hydrogens is 210 g/mol. The average Bonchev–Trinajstić information content (AvgIpc) is 2.25. The van der Waals surface area contributed by atoms with E-state index in [2.05, 4.69) is 6.92 Å². The van der Waals surface area contributed by atoms with Gasteiger partial charge in [0.25, 0.3) is 0 Å². The Bertz CT molecular complexity index is 225. The fourth-order valence-electron chi connectivity index (χ4n) is 1.91. The van der Waals surface area contributed by atoms with Crippen LogP contribution in [0.4, 0.5) is 4.79 Å². The molecule has 1 saturated carbocycles. The first-order valence-corrected chi connectivity index (χ1v) is 6.60. The maximum atomic E-state index is 11.1. The van der Waals surface area contributed by atoms with Crippen LogP contribution in [0.5, 0.6) is 0 Å². The SMILES string of the molecule is CCSC=CN(C(=O)O)C1CCCCC1. The molecule has 0 aromatic carbocycles. The summed E-state index contributed by atoms with van der Waals surface area (Å²) in [6.07, 6.45) is 6.46. The van der Waals surface area contributed by atoms with E-state index in [0.29, 0.717) is 0 Å². The van der Waals surface area contributed by atoms with Crippen LogP contribution in [-0.4, -0.2) is 27.9 Å². The highest BCUT2D eigenvalue weighted by Gasteiger charge is 2.22. The molecule has 1 fully saturated rings. The van der Waals surface area contributed by atoms with Crippen molar-refractivity contribution in [2.75, 3.05) is 5.75 Å². The van der Waals surface area contributed by atoms with Crippen molar-refractivity contribution in [1.82, 2.24) is 4.90 Å². The van der Waals surface area contributed by atoms with Crippen LogP contribution in [0.15, 0.2) is 11.6 Å². The van der Waals surface area contributed by atoms with E-state index >= 15 is 0 Å². The quantitative estimate of drug-likeness (QED) is 0.801. The van der Waals surface area contributed by atoms with E-state index in [1.165, 1.54) is 11.3 Å². The number of amides is 1. The molecule has 0 heterocycles. The minimum Gasteiger partial charge on any atom is -0.465 e. The zero-order valence-electron chi connectivity index (χ0n) is 9.19. The molecule has 0 radical (unpaired) electrons. The largest absolute Gasteiger partial charge is 0.465 e. The molecule has 86 valence electrons. The fourth-order valence-corrected chi connectivity index (χ4v) is 2.32. The first-order valence-electron chi connectivity index (χ1n) is 5.55. The topological polar surface area (TPSA) is 40.5 Å². The normalized spacial score (nSPS) is 18.2. The van der Waals surface area contributed by atoms with E-state index in [9.17, 15) is 4.79 Å². The maximum Gasteiger partial charge on any atom is 0.411 e. The average molecular weight is 229 g/mol. The lowest BCUT2D eigenvalue weighted by atomic mass is 9.95. The number of nitrogens with zero attached hydrogens (tertiary/aromatic N) is 1. The van der Waals surface area contributed by atoms with Crippen molar-refractivity contribution >= 4 is 17.9 Å². The van der Waals surface area contributed by atoms with Crippen molar-refractivity contribution in [1.29, 1.82) is 0 Å². The smallest absolute Gasteiger partial charge is 0.411 e. The fraction of sp³-hybridized carbons (Fsp3) is 0.727. The summed E-state index contributed by atoms with van der Waals surface area (Å²) in [5.41, 5.74) is 0. The number of carboxylic acid groups (broad SMARTS) is 1. The molecule has 0 aromatic heterocycles. The molecule has 1 amide bonds. The Kier molecular flexibility index (Phi) is 5.61. The van der Waals surface area contributed by atoms with E-state index in [-0.39, 0.29) is 6.04 Å². The zero-order chi connectivity index (χ0) is 11.1. The van der Waals surface area contributed by atoms with Crippen molar-refractivity contribution in [3.63, 3.8) is 0 Å². The standard InChI is InChI=1S/C11H19NO2S/c1-2-15-9-8-12(11(13)14)10-6-4-3-5-7-10/h8-10H,2-7H2,1H3,(H,13,14). The van der Waals surface area contributed by atoms with Crippen molar-refractivity contribution in [3.05, 3.63) is 11.6 Å². The van der Waals surface area contributed by atoms with E-state index in [0.717, 1.165) is 31.4 Å². The van der Waals surface area contributed by atoms with Crippen LogP contribution in [0.25, 0.3) is 0 Å². The van der Waals surface area contributed by atoms with E-state index in [4.69, 9.17) is 5.11 Å². The van der Waals surface area contributed by atoms with Crippen molar-refractivity contribution in [2.45, 2.75) is 45.1 Å². The molecule has 4 heteroatoms. The van der Waals surface area contributed by atoms with Gasteiger partial charge in [0.15, 0.2) is 0 Å². The van der Waals surface area contributed by atoms with Gasteiger partial charge in [0.1, 0.15) is 0 Å². The van der Waals surface area contributed by atoms with Crippen LogP contribution in [0.3, 0.4) is 0 Å². The number of carbonyl (C=O) groups is 1.